The molecule has 3 rings (SSSR count). The number of hydrogen-bond acceptors (Lipinski definition) is 3. The number of amides is 1. The van der Waals surface area contributed by atoms with E-state index in [0.29, 0.717) is 40.9 Å². The van der Waals surface area contributed by atoms with Crippen molar-refractivity contribution in [3.05, 3.63) is 28.2 Å². The van der Waals surface area contributed by atoms with Gasteiger partial charge >= 0.3 is 0 Å². The molecule has 2 aromatic rings. The molecule has 1 aliphatic rings. The summed E-state index contributed by atoms with van der Waals surface area (Å²) in [6.45, 7) is 14.7. The SMILES string of the molecule is C[C@H]1Cn2c(c(Br)c3ncc(F)cc32)C(=O)N1CCO[Si](C)(C)C(C)(C)C. The summed E-state index contributed by atoms with van der Waals surface area (Å²) in [7, 11) is -1.85. The average molecular weight is 456 g/mol. The Hall–Kier alpha value is -1.25. The van der Waals surface area contributed by atoms with Gasteiger partial charge in [0.25, 0.3) is 5.91 Å². The molecule has 0 saturated heterocycles. The molecule has 0 fully saturated rings. The second-order valence-corrected chi connectivity index (χ2v) is 14.4. The van der Waals surface area contributed by atoms with Crippen LogP contribution in [-0.2, 0) is 11.0 Å². The minimum atomic E-state index is -1.85. The van der Waals surface area contributed by atoms with Crippen LogP contribution in [0.1, 0.15) is 38.2 Å². The lowest BCUT2D eigenvalue weighted by Gasteiger charge is -2.39. The summed E-state index contributed by atoms with van der Waals surface area (Å²) < 4.78 is 22.4. The lowest BCUT2D eigenvalue weighted by atomic mass is 10.2. The van der Waals surface area contributed by atoms with Crippen LogP contribution in [0.15, 0.2) is 16.7 Å². The number of hydrogen-bond donors (Lipinski definition) is 0. The highest BCUT2D eigenvalue weighted by Crippen LogP contribution is 2.37. The van der Waals surface area contributed by atoms with Gasteiger partial charge in [-0.2, -0.15) is 0 Å². The summed E-state index contributed by atoms with van der Waals surface area (Å²) in [6.07, 6.45) is 1.18. The zero-order chi connectivity index (χ0) is 20.1. The van der Waals surface area contributed by atoms with Crippen LogP contribution in [0.3, 0.4) is 0 Å². The van der Waals surface area contributed by atoms with Crippen molar-refractivity contribution in [1.82, 2.24) is 14.5 Å². The number of halogens is 2. The topological polar surface area (TPSA) is 47.4 Å². The van der Waals surface area contributed by atoms with Gasteiger partial charge in [0.1, 0.15) is 17.0 Å². The van der Waals surface area contributed by atoms with E-state index in [1.54, 1.807) is 0 Å². The molecule has 0 radical (unpaired) electrons. The summed E-state index contributed by atoms with van der Waals surface area (Å²) in [5.74, 6) is -0.474. The van der Waals surface area contributed by atoms with Crippen LogP contribution in [0.2, 0.25) is 18.1 Å². The third-order valence-electron chi connectivity index (χ3n) is 5.85. The molecule has 5 nitrogen and oxygen atoms in total. The molecule has 1 amide bonds. The van der Waals surface area contributed by atoms with Gasteiger partial charge in [0.05, 0.1) is 22.8 Å². The minimum Gasteiger partial charge on any atom is -0.415 e. The number of pyridine rings is 1. The van der Waals surface area contributed by atoms with Gasteiger partial charge in [-0.1, -0.05) is 20.8 Å². The van der Waals surface area contributed by atoms with Crippen molar-refractivity contribution in [3.8, 4) is 0 Å². The molecule has 0 N–H and O–H groups in total. The maximum Gasteiger partial charge on any atom is 0.272 e. The highest BCUT2D eigenvalue weighted by Gasteiger charge is 2.38. The number of rotatable bonds is 4. The zero-order valence-corrected chi connectivity index (χ0v) is 19.4. The number of aromatic nitrogens is 2. The highest BCUT2D eigenvalue weighted by atomic mass is 79.9. The van der Waals surface area contributed by atoms with Crippen molar-refractivity contribution >= 4 is 41.2 Å². The molecule has 0 aliphatic carbocycles. The summed E-state index contributed by atoms with van der Waals surface area (Å²) in [6, 6.07) is 1.44. The fraction of sp³-hybridized carbons (Fsp3) is 0.579. The van der Waals surface area contributed by atoms with Crippen molar-refractivity contribution in [2.75, 3.05) is 13.2 Å². The van der Waals surface area contributed by atoms with Gasteiger partial charge in [0, 0.05) is 25.2 Å². The van der Waals surface area contributed by atoms with Crippen LogP contribution >= 0.6 is 15.9 Å². The first-order valence-corrected chi connectivity index (χ1v) is 12.9. The van der Waals surface area contributed by atoms with E-state index in [4.69, 9.17) is 4.43 Å². The van der Waals surface area contributed by atoms with Crippen molar-refractivity contribution < 1.29 is 13.6 Å². The molecule has 3 heterocycles. The molecule has 0 bridgehead atoms. The molecule has 148 valence electrons. The Labute approximate surface area is 169 Å². The van der Waals surface area contributed by atoms with Crippen LogP contribution in [0.4, 0.5) is 4.39 Å². The number of nitrogens with zero attached hydrogens (tertiary/aromatic N) is 3. The Morgan fingerprint density at radius 1 is 1.41 bits per heavy atom. The lowest BCUT2D eigenvalue weighted by molar-refractivity contribution is 0.0575. The lowest BCUT2D eigenvalue weighted by Crippen LogP contribution is -2.49. The normalized spacial score (nSPS) is 18.3. The van der Waals surface area contributed by atoms with E-state index in [-0.39, 0.29) is 17.0 Å². The summed E-state index contributed by atoms with van der Waals surface area (Å²) in [4.78, 5) is 19.2. The van der Waals surface area contributed by atoms with E-state index in [9.17, 15) is 9.18 Å². The number of carbonyl (C=O) groups is 1. The Kier molecular flexibility index (Phi) is 5.29. The Balaban J connectivity index is 1.84. The van der Waals surface area contributed by atoms with Gasteiger partial charge in [0.15, 0.2) is 8.32 Å². The van der Waals surface area contributed by atoms with E-state index in [1.807, 2.05) is 16.4 Å². The first-order valence-electron chi connectivity index (χ1n) is 9.22. The van der Waals surface area contributed by atoms with Crippen LogP contribution in [0, 0.1) is 5.82 Å². The van der Waals surface area contributed by atoms with Gasteiger partial charge < -0.3 is 13.9 Å². The quantitative estimate of drug-likeness (QED) is 0.621. The molecule has 1 atom stereocenters. The average Bonchev–Trinajstić information content (AvgIpc) is 2.81. The van der Waals surface area contributed by atoms with Crippen LogP contribution in [0.5, 0.6) is 0 Å². The predicted octanol–water partition coefficient (Wildman–Crippen LogP) is 4.80. The molecule has 8 heteroatoms. The van der Waals surface area contributed by atoms with Crippen molar-refractivity contribution in [2.45, 2.75) is 58.4 Å². The van der Waals surface area contributed by atoms with Crippen LogP contribution < -0.4 is 0 Å². The molecular formula is C19H27BrFN3O2Si. The van der Waals surface area contributed by atoms with Crippen LogP contribution in [0.25, 0.3) is 11.0 Å². The first kappa shape index (κ1) is 20.5. The maximum atomic E-state index is 13.7. The summed E-state index contributed by atoms with van der Waals surface area (Å²) >= 11 is 3.50. The number of fused-ring (bicyclic) bond motifs is 3. The first-order chi connectivity index (χ1) is 12.4. The molecule has 1 aliphatic heterocycles. The van der Waals surface area contributed by atoms with Gasteiger partial charge in [-0.15, -0.1) is 0 Å². The van der Waals surface area contributed by atoms with Gasteiger partial charge in [-0.05, 0) is 41.0 Å². The van der Waals surface area contributed by atoms with E-state index < -0.39 is 14.1 Å². The third-order valence-corrected chi connectivity index (χ3v) is 11.1. The van der Waals surface area contributed by atoms with Gasteiger partial charge in [-0.25, -0.2) is 4.39 Å². The zero-order valence-electron chi connectivity index (χ0n) is 16.8. The van der Waals surface area contributed by atoms with E-state index in [2.05, 4.69) is 54.8 Å². The molecule has 2 aromatic heterocycles. The highest BCUT2D eigenvalue weighted by molar-refractivity contribution is 9.10. The van der Waals surface area contributed by atoms with Gasteiger partial charge in [-0.3, -0.25) is 9.78 Å². The Morgan fingerprint density at radius 2 is 2.07 bits per heavy atom. The molecule has 27 heavy (non-hydrogen) atoms. The number of carbonyl (C=O) groups excluding carboxylic acids is 1. The van der Waals surface area contributed by atoms with E-state index in [0.717, 1.165) is 0 Å². The summed E-state index contributed by atoms with van der Waals surface area (Å²) in [5, 5.41) is 0.135. The monoisotopic (exact) mass is 455 g/mol. The second kappa shape index (κ2) is 6.97. The predicted molar refractivity (Wildman–Crippen MR) is 111 cm³/mol. The van der Waals surface area contributed by atoms with E-state index >= 15 is 0 Å². The van der Waals surface area contributed by atoms with Gasteiger partial charge in [0.2, 0.25) is 0 Å². The second-order valence-electron chi connectivity index (χ2n) is 8.75. The standard InChI is InChI=1S/C19H27BrFN3O2Si/c1-12-11-24-14-9-13(21)10-22-16(14)15(20)17(24)18(25)23(12)7-8-26-27(5,6)19(2,3)4/h9-10,12H,7-8,11H2,1-6H3/t12-/m0/s1. The molecule has 0 spiro atoms. The van der Waals surface area contributed by atoms with E-state index in [1.165, 1.54) is 12.3 Å². The molecule has 0 aromatic carbocycles. The largest absolute Gasteiger partial charge is 0.415 e. The third kappa shape index (κ3) is 3.59. The molecular weight excluding hydrogens is 429 g/mol. The van der Waals surface area contributed by atoms with Crippen molar-refractivity contribution in [1.29, 1.82) is 0 Å². The fourth-order valence-electron chi connectivity index (χ4n) is 3.19. The minimum absolute atomic E-state index is 0.00113. The smallest absolute Gasteiger partial charge is 0.272 e. The maximum absolute atomic E-state index is 13.7. The Morgan fingerprint density at radius 3 is 2.70 bits per heavy atom. The summed E-state index contributed by atoms with van der Waals surface area (Å²) in [5.41, 5.74) is 1.80. The van der Waals surface area contributed by atoms with Crippen LogP contribution in [-0.4, -0.2) is 47.9 Å². The molecule has 0 saturated carbocycles. The van der Waals surface area contributed by atoms with Crippen molar-refractivity contribution in [3.63, 3.8) is 0 Å². The fourth-order valence-corrected chi connectivity index (χ4v) is 4.91. The Bertz CT molecular complexity index is 891. The molecule has 0 unspecified atom stereocenters. The van der Waals surface area contributed by atoms with Crippen molar-refractivity contribution in [2.24, 2.45) is 0 Å².